The molecule has 10 nitrogen and oxygen atoms in total. The SMILES string of the molecule is Nc1ccc(C(=O)Oc2ccccc2)c(O)c1.c1cc2c(cc1C1OCC3C(c4ccc5c(c4)OCO5)OCC13)OCO2. The van der Waals surface area contributed by atoms with Gasteiger partial charge in [-0.05, 0) is 59.7 Å². The van der Waals surface area contributed by atoms with Gasteiger partial charge in [0.25, 0.3) is 0 Å². The fraction of sp³-hybridized carbons (Fsp3) is 0.242. The molecule has 4 aliphatic heterocycles. The number of ether oxygens (including phenoxy) is 7. The molecule has 0 spiro atoms. The van der Waals surface area contributed by atoms with Gasteiger partial charge in [0.15, 0.2) is 23.0 Å². The van der Waals surface area contributed by atoms with Gasteiger partial charge < -0.3 is 44.0 Å². The zero-order valence-electron chi connectivity index (χ0n) is 23.0. The van der Waals surface area contributed by atoms with Gasteiger partial charge in [0.1, 0.15) is 17.1 Å². The van der Waals surface area contributed by atoms with Crippen LogP contribution in [0.15, 0.2) is 84.9 Å². The van der Waals surface area contributed by atoms with Crippen molar-refractivity contribution < 1.29 is 43.1 Å². The highest BCUT2D eigenvalue weighted by molar-refractivity contribution is 5.94. The molecule has 3 N–H and O–H groups in total. The Bertz CT molecular complexity index is 1570. The molecule has 4 aliphatic rings. The van der Waals surface area contributed by atoms with Crippen LogP contribution in [-0.4, -0.2) is 37.9 Å². The van der Waals surface area contributed by atoms with E-state index in [2.05, 4.69) is 12.1 Å². The van der Waals surface area contributed by atoms with Gasteiger partial charge in [0.2, 0.25) is 13.6 Å². The van der Waals surface area contributed by atoms with Crippen molar-refractivity contribution in [2.24, 2.45) is 11.8 Å². The van der Waals surface area contributed by atoms with E-state index >= 15 is 0 Å². The number of nitrogens with two attached hydrogens (primary N) is 1. The van der Waals surface area contributed by atoms with Gasteiger partial charge in [0.05, 0.1) is 25.4 Å². The minimum atomic E-state index is -0.617. The van der Waals surface area contributed by atoms with Crippen molar-refractivity contribution in [2.75, 3.05) is 32.5 Å². The van der Waals surface area contributed by atoms with Crippen LogP contribution in [0.5, 0.6) is 34.5 Å². The second-order valence-corrected chi connectivity index (χ2v) is 10.5. The van der Waals surface area contributed by atoms with E-state index in [0.717, 1.165) is 34.1 Å². The molecule has 2 saturated heterocycles. The molecule has 4 atom stereocenters. The smallest absolute Gasteiger partial charge is 0.347 e. The number of para-hydroxylation sites is 1. The Kier molecular flexibility index (Phi) is 7.14. The number of rotatable bonds is 4. The molecule has 4 aromatic rings. The molecule has 0 saturated carbocycles. The Morgan fingerprint density at radius 1 is 0.698 bits per heavy atom. The van der Waals surface area contributed by atoms with Crippen LogP contribution in [0.3, 0.4) is 0 Å². The van der Waals surface area contributed by atoms with E-state index in [1.165, 1.54) is 18.2 Å². The summed E-state index contributed by atoms with van der Waals surface area (Å²) in [5.74, 6) is 3.44. The second kappa shape index (κ2) is 11.4. The summed E-state index contributed by atoms with van der Waals surface area (Å²) in [6.45, 7) is 1.93. The molecule has 4 unspecified atom stereocenters. The van der Waals surface area contributed by atoms with Crippen molar-refractivity contribution >= 4 is 11.7 Å². The third-order valence-corrected chi connectivity index (χ3v) is 7.91. The number of hydrogen-bond acceptors (Lipinski definition) is 10. The number of phenolic OH excluding ortho intramolecular Hbond substituents is 1. The average Bonchev–Trinajstić information content (AvgIpc) is 3.82. The summed E-state index contributed by atoms with van der Waals surface area (Å²) in [5.41, 5.74) is 8.19. The van der Waals surface area contributed by atoms with Gasteiger partial charge in [0, 0.05) is 23.6 Å². The number of nitrogen functional groups attached to an aromatic ring is 1. The van der Waals surface area contributed by atoms with Crippen molar-refractivity contribution in [3.05, 3.63) is 102 Å². The number of carbonyl (C=O) groups excluding carboxylic acids is 1. The second-order valence-electron chi connectivity index (χ2n) is 10.5. The Morgan fingerprint density at radius 2 is 1.26 bits per heavy atom. The van der Waals surface area contributed by atoms with E-state index < -0.39 is 5.97 Å². The highest BCUT2D eigenvalue weighted by atomic mass is 16.7. The lowest BCUT2D eigenvalue weighted by atomic mass is 9.85. The Hall–Kier alpha value is -4.93. The van der Waals surface area contributed by atoms with Crippen LogP contribution in [0.1, 0.15) is 33.7 Å². The van der Waals surface area contributed by atoms with Crippen LogP contribution in [0.2, 0.25) is 0 Å². The average molecular weight is 584 g/mol. The fourth-order valence-corrected chi connectivity index (χ4v) is 5.79. The molecule has 8 rings (SSSR count). The van der Waals surface area contributed by atoms with Gasteiger partial charge in [-0.2, -0.15) is 0 Å². The van der Waals surface area contributed by atoms with E-state index in [9.17, 15) is 9.90 Å². The highest BCUT2D eigenvalue weighted by Crippen LogP contribution is 2.52. The first-order chi connectivity index (χ1) is 21.0. The number of carbonyl (C=O) groups is 1. The molecule has 4 heterocycles. The fourth-order valence-electron chi connectivity index (χ4n) is 5.79. The van der Waals surface area contributed by atoms with Crippen molar-refractivity contribution in [2.45, 2.75) is 12.2 Å². The summed E-state index contributed by atoms with van der Waals surface area (Å²) in [4.78, 5) is 11.7. The molecule has 10 heteroatoms. The van der Waals surface area contributed by atoms with Gasteiger partial charge in [-0.1, -0.05) is 30.3 Å². The van der Waals surface area contributed by atoms with Crippen molar-refractivity contribution in [3.63, 3.8) is 0 Å². The third kappa shape index (κ3) is 5.38. The number of hydrogen-bond donors (Lipinski definition) is 2. The molecule has 2 fully saturated rings. The molecule has 4 aromatic carbocycles. The molecule has 0 radical (unpaired) electrons. The van der Waals surface area contributed by atoms with Crippen LogP contribution in [0.4, 0.5) is 5.69 Å². The first-order valence-electron chi connectivity index (χ1n) is 13.9. The molecule has 0 amide bonds. The number of aromatic hydroxyl groups is 1. The standard InChI is InChI=1S/C20H18O6.C13H11NO3/c1-3-15-17(25-9-23-15)5-11(1)19-13-7-22-20(14(13)8-21-19)12-2-4-16-18(6-12)26-10-24-16;14-9-6-7-11(12(15)8-9)13(16)17-10-4-2-1-3-5-10/h1-6,13-14,19-20H,7-10H2;1-8,15H,14H2. The van der Waals surface area contributed by atoms with Crippen molar-refractivity contribution in [1.29, 1.82) is 0 Å². The van der Waals surface area contributed by atoms with Gasteiger partial charge in [-0.25, -0.2) is 4.79 Å². The third-order valence-electron chi connectivity index (χ3n) is 7.91. The Balaban J connectivity index is 0.000000154. The highest BCUT2D eigenvalue weighted by Gasteiger charge is 2.48. The van der Waals surface area contributed by atoms with Crippen LogP contribution in [0, 0.1) is 11.8 Å². The number of anilines is 1. The summed E-state index contributed by atoms with van der Waals surface area (Å²) in [6.07, 6.45) is 0.0435. The minimum Gasteiger partial charge on any atom is -0.507 e. The largest absolute Gasteiger partial charge is 0.507 e. The number of fused-ring (bicyclic) bond motifs is 3. The molecule has 0 aliphatic carbocycles. The number of benzene rings is 4. The first-order valence-corrected chi connectivity index (χ1v) is 13.9. The molecule has 43 heavy (non-hydrogen) atoms. The Labute approximate surface area is 247 Å². The predicted octanol–water partition coefficient (Wildman–Crippen LogP) is 5.41. The summed E-state index contributed by atoms with van der Waals surface area (Å²) < 4.78 is 39.3. The Morgan fingerprint density at radius 3 is 1.81 bits per heavy atom. The lowest BCUT2D eigenvalue weighted by molar-refractivity contribution is 0.0192. The normalized spacial score (nSPS) is 22.4. The van der Waals surface area contributed by atoms with Crippen molar-refractivity contribution in [3.8, 4) is 34.5 Å². The van der Waals surface area contributed by atoms with E-state index in [4.69, 9.17) is 38.9 Å². The van der Waals surface area contributed by atoms with E-state index in [0.29, 0.717) is 36.5 Å². The summed E-state index contributed by atoms with van der Waals surface area (Å²) in [6, 6.07) is 25.0. The molecule has 0 bridgehead atoms. The van der Waals surface area contributed by atoms with Crippen molar-refractivity contribution in [1.82, 2.24) is 0 Å². The van der Waals surface area contributed by atoms with Gasteiger partial charge in [-0.3, -0.25) is 0 Å². The summed E-state index contributed by atoms with van der Waals surface area (Å²) >= 11 is 0. The number of phenols is 1. The zero-order chi connectivity index (χ0) is 29.3. The minimum absolute atomic E-state index is 0.0218. The van der Waals surface area contributed by atoms with Crippen LogP contribution in [-0.2, 0) is 9.47 Å². The molecule has 0 aromatic heterocycles. The number of esters is 1. The maximum absolute atomic E-state index is 11.7. The zero-order valence-corrected chi connectivity index (χ0v) is 23.0. The molecular formula is C33H29NO9. The lowest BCUT2D eigenvalue weighted by Crippen LogP contribution is -2.14. The predicted molar refractivity (Wildman–Crippen MR) is 153 cm³/mol. The van der Waals surface area contributed by atoms with Crippen LogP contribution in [0.25, 0.3) is 0 Å². The topological polar surface area (TPSA) is 128 Å². The van der Waals surface area contributed by atoms with E-state index in [1.807, 2.05) is 30.3 Å². The van der Waals surface area contributed by atoms with Gasteiger partial charge in [-0.15, -0.1) is 0 Å². The maximum Gasteiger partial charge on any atom is 0.347 e. The summed E-state index contributed by atoms with van der Waals surface area (Å²) in [7, 11) is 0. The van der Waals surface area contributed by atoms with Crippen LogP contribution >= 0.6 is 0 Å². The van der Waals surface area contributed by atoms with E-state index in [1.54, 1.807) is 24.3 Å². The molecule has 220 valence electrons. The first kappa shape index (κ1) is 26.9. The monoisotopic (exact) mass is 583 g/mol. The quantitative estimate of drug-likeness (QED) is 0.183. The maximum atomic E-state index is 11.7. The molecular weight excluding hydrogens is 554 g/mol. The van der Waals surface area contributed by atoms with E-state index in [-0.39, 0.29) is 37.1 Å². The lowest BCUT2D eigenvalue weighted by Gasteiger charge is -2.17. The summed E-state index contributed by atoms with van der Waals surface area (Å²) in [5, 5.41) is 9.56. The van der Waals surface area contributed by atoms with Crippen LogP contribution < -0.4 is 29.4 Å². The van der Waals surface area contributed by atoms with Gasteiger partial charge >= 0.3 is 5.97 Å².